The van der Waals surface area contributed by atoms with Gasteiger partial charge in [0.2, 0.25) is 0 Å². The molecule has 0 saturated carbocycles. The first-order valence-corrected chi connectivity index (χ1v) is 4.74. The van der Waals surface area contributed by atoms with Gasteiger partial charge in [0.15, 0.2) is 0 Å². The van der Waals surface area contributed by atoms with E-state index in [1.54, 1.807) is 6.07 Å². The fraction of sp³-hybridized carbons (Fsp3) is 0.364. The Labute approximate surface area is 87.7 Å². The molecule has 0 aromatic heterocycles. The predicted molar refractivity (Wildman–Crippen MR) is 56.2 cm³/mol. The molecule has 0 saturated heterocycles. The van der Waals surface area contributed by atoms with Gasteiger partial charge in [-0.15, -0.1) is 0 Å². The molecule has 0 unspecified atom stereocenters. The molecular weight excluding hydrogens is 194 g/mol. The van der Waals surface area contributed by atoms with Crippen molar-refractivity contribution in [1.82, 2.24) is 0 Å². The van der Waals surface area contributed by atoms with E-state index in [2.05, 4.69) is 0 Å². The van der Waals surface area contributed by atoms with E-state index in [9.17, 15) is 4.79 Å². The van der Waals surface area contributed by atoms with E-state index < -0.39 is 5.97 Å². The van der Waals surface area contributed by atoms with Gasteiger partial charge in [0.05, 0.1) is 11.3 Å². The van der Waals surface area contributed by atoms with E-state index in [1.807, 2.05) is 13.8 Å². The zero-order chi connectivity index (χ0) is 11.2. The van der Waals surface area contributed by atoms with Crippen LogP contribution in [0.2, 0.25) is 0 Å². The Hall–Kier alpha value is -1.71. The smallest absolute Gasteiger partial charge is 0.335 e. The molecule has 15 heavy (non-hydrogen) atoms. The summed E-state index contributed by atoms with van der Waals surface area (Å²) in [5.74, 6) is -0.334. The lowest BCUT2D eigenvalue weighted by Crippen LogP contribution is -2.24. The summed E-state index contributed by atoms with van der Waals surface area (Å²) in [6.45, 7) is 3.90. The van der Waals surface area contributed by atoms with Crippen molar-refractivity contribution in [1.29, 1.82) is 0 Å². The Kier molecular flexibility index (Phi) is 1.89. The molecule has 3 N–H and O–H groups in total. The predicted octanol–water partition coefficient (Wildman–Crippen LogP) is 1.68. The number of hydrogen-bond donors (Lipinski definition) is 2. The van der Waals surface area contributed by atoms with Gasteiger partial charge in [0, 0.05) is 12.0 Å². The Morgan fingerprint density at radius 2 is 2.20 bits per heavy atom. The minimum atomic E-state index is -0.964. The number of carboxylic acids is 1. The normalized spacial score (nSPS) is 16.9. The van der Waals surface area contributed by atoms with Crippen LogP contribution in [0.15, 0.2) is 12.1 Å². The van der Waals surface area contributed by atoms with Gasteiger partial charge in [0.25, 0.3) is 0 Å². The van der Waals surface area contributed by atoms with Gasteiger partial charge in [-0.05, 0) is 26.0 Å². The van der Waals surface area contributed by atoms with Crippen molar-refractivity contribution < 1.29 is 14.6 Å². The number of rotatable bonds is 1. The molecule has 0 amide bonds. The standard InChI is InChI=1S/C11H13NO3/c1-11(2)5-7-3-6(10(13)14)4-8(12)9(7)15-11/h3-4H,5,12H2,1-2H3,(H,13,14). The number of nitrogen functional groups attached to an aromatic ring is 1. The summed E-state index contributed by atoms with van der Waals surface area (Å²) < 4.78 is 5.64. The van der Waals surface area contributed by atoms with Crippen LogP contribution in [0.4, 0.5) is 5.69 Å². The van der Waals surface area contributed by atoms with Crippen LogP contribution in [-0.2, 0) is 6.42 Å². The first kappa shape index (κ1) is 9.83. The highest BCUT2D eigenvalue weighted by Gasteiger charge is 2.32. The van der Waals surface area contributed by atoms with Crippen LogP contribution in [0.3, 0.4) is 0 Å². The van der Waals surface area contributed by atoms with Gasteiger partial charge in [0.1, 0.15) is 11.4 Å². The Bertz CT molecular complexity index is 438. The summed E-state index contributed by atoms with van der Waals surface area (Å²) in [5, 5.41) is 8.87. The van der Waals surface area contributed by atoms with Crippen LogP contribution >= 0.6 is 0 Å². The highest BCUT2D eigenvalue weighted by atomic mass is 16.5. The Balaban J connectivity index is 2.51. The highest BCUT2D eigenvalue weighted by Crippen LogP contribution is 2.39. The maximum Gasteiger partial charge on any atom is 0.335 e. The SMILES string of the molecule is CC1(C)Cc2cc(C(=O)O)cc(N)c2O1. The third-order valence-electron chi connectivity index (χ3n) is 2.44. The van der Waals surface area contributed by atoms with Crippen LogP contribution < -0.4 is 10.5 Å². The van der Waals surface area contributed by atoms with Crippen molar-refractivity contribution in [2.75, 3.05) is 5.73 Å². The molecule has 1 aliphatic rings. The first-order chi connectivity index (χ1) is 6.89. The number of fused-ring (bicyclic) bond motifs is 1. The van der Waals surface area contributed by atoms with E-state index in [0.717, 1.165) is 5.56 Å². The number of aromatic carboxylic acids is 1. The van der Waals surface area contributed by atoms with Crippen molar-refractivity contribution in [3.05, 3.63) is 23.3 Å². The number of nitrogens with two attached hydrogens (primary N) is 1. The van der Waals surface area contributed by atoms with Gasteiger partial charge in [-0.25, -0.2) is 4.79 Å². The maximum atomic E-state index is 10.8. The van der Waals surface area contributed by atoms with Crippen molar-refractivity contribution in [3.8, 4) is 5.75 Å². The van der Waals surface area contributed by atoms with Crippen LogP contribution in [0.25, 0.3) is 0 Å². The molecule has 1 aromatic carbocycles. The zero-order valence-electron chi connectivity index (χ0n) is 8.70. The van der Waals surface area contributed by atoms with Crippen molar-refractivity contribution >= 4 is 11.7 Å². The number of hydrogen-bond acceptors (Lipinski definition) is 3. The van der Waals surface area contributed by atoms with Crippen LogP contribution in [0, 0.1) is 0 Å². The molecular formula is C11H13NO3. The number of ether oxygens (including phenoxy) is 1. The molecule has 1 heterocycles. The van der Waals surface area contributed by atoms with Gasteiger partial charge in [-0.1, -0.05) is 0 Å². The topological polar surface area (TPSA) is 72.5 Å². The molecule has 0 radical (unpaired) electrons. The van der Waals surface area contributed by atoms with Crippen LogP contribution in [0.1, 0.15) is 29.8 Å². The summed E-state index contributed by atoms with van der Waals surface area (Å²) in [5.41, 5.74) is 6.93. The third kappa shape index (κ3) is 1.63. The minimum Gasteiger partial charge on any atom is -0.485 e. The quantitative estimate of drug-likeness (QED) is 0.687. The van der Waals surface area contributed by atoms with Gasteiger partial charge < -0.3 is 15.6 Å². The van der Waals surface area contributed by atoms with E-state index in [4.69, 9.17) is 15.6 Å². The average Bonchev–Trinajstić information content (AvgIpc) is 2.39. The molecule has 1 aromatic rings. The van der Waals surface area contributed by atoms with Crippen molar-refractivity contribution in [2.45, 2.75) is 25.9 Å². The molecule has 0 aliphatic carbocycles. The minimum absolute atomic E-state index is 0.215. The fourth-order valence-corrected chi connectivity index (χ4v) is 1.86. The van der Waals surface area contributed by atoms with E-state index in [-0.39, 0.29) is 11.2 Å². The second kappa shape index (κ2) is 2.89. The van der Waals surface area contributed by atoms with Gasteiger partial charge in [-0.2, -0.15) is 0 Å². The Morgan fingerprint density at radius 3 is 2.80 bits per heavy atom. The molecule has 0 fully saturated rings. The lowest BCUT2D eigenvalue weighted by Gasteiger charge is -2.17. The molecule has 80 valence electrons. The van der Waals surface area contributed by atoms with Gasteiger partial charge >= 0.3 is 5.97 Å². The lowest BCUT2D eigenvalue weighted by molar-refractivity contribution is 0.0697. The largest absolute Gasteiger partial charge is 0.485 e. The maximum absolute atomic E-state index is 10.8. The van der Waals surface area contributed by atoms with E-state index in [1.165, 1.54) is 6.07 Å². The lowest BCUT2D eigenvalue weighted by atomic mass is 10.00. The molecule has 0 atom stereocenters. The van der Waals surface area contributed by atoms with Crippen LogP contribution in [-0.4, -0.2) is 16.7 Å². The molecule has 0 spiro atoms. The summed E-state index contributed by atoms with van der Waals surface area (Å²) >= 11 is 0. The summed E-state index contributed by atoms with van der Waals surface area (Å²) in [6.07, 6.45) is 0.688. The van der Waals surface area contributed by atoms with Crippen molar-refractivity contribution in [2.24, 2.45) is 0 Å². The first-order valence-electron chi connectivity index (χ1n) is 4.74. The number of benzene rings is 1. The molecule has 4 heteroatoms. The second-order valence-electron chi connectivity index (χ2n) is 4.40. The summed E-state index contributed by atoms with van der Waals surface area (Å²) in [6, 6.07) is 3.06. The summed E-state index contributed by atoms with van der Waals surface area (Å²) in [7, 11) is 0. The van der Waals surface area contributed by atoms with Crippen molar-refractivity contribution in [3.63, 3.8) is 0 Å². The fourth-order valence-electron chi connectivity index (χ4n) is 1.86. The summed E-state index contributed by atoms with van der Waals surface area (Å²) in [4.78, 5) is 10.8. The third-order valence-corrected chi connectivity index (χ3v) is 2.44. The second-order valence-corrected chi connectivity index (χ2v) is 4.40. The number of carboxylic acid groups (broad SMARTS) is 1. The van der Waals surface area contributed by atoms with E-state index >= 15 is 0 Å². The molecule has 4 nitrogen and oxygen atoms in total. The molecule has 2 rings (SSSR count). The monoisotopic (exact) mass is 207 g/mol. The highest BCUT2D eigenvalue weighted by molar-refractivity contribution is 5.90. The average molecular weight is 207 g/mol. The van der Waals surface area contributed by atoms with Crippen LogP contribution in [0.5, 0.6) is 5.75 Å². The van der Waals surface area contributed by atoms with E-state index in [0.29, 0.717) is 17.9 Å². The number of anilines is 1. The molecule has 0 bridgehead atoms. The molecule has 1 aliphatic heterocycles. The zero-order valence-corrected chi connectivity index (χ0v) is 8.70. The number of carbonyl (C=O) groups is 1. The van der Waals surface area contributed by atoms with Gasteiger partial charge in [-0.3, -0.25) is 0 Å². The Morgan fingerprint density at radius 1 is 1.53 bits per heavy atom.